The molecule has 1 N–H and O–H groups in total. The molecule has 4 unspecified atom stereocenters. The fraction of sp³-hybridized carbons (Fsp3) is 1.00. The molecule has 0 heterocycles. The van der Waals surface area contributed by atoms with Gasteiger partial charge in [0.15, 0.2) is 0 Å². The van der Waals surface area contributed by atoms with Crippen molar-refractivity contribution >= 4 is 7.85 Å². The van der Waals surface area contributed by atoms with Crippen LogP contribution in [0.15, 0.2) is 0 Å². The molecule has 0 aromatic rings. The van der Waals surface area contributed by atoms with Crippen LogP contribution in [0.5, 0.6) is 0 Å². The van der Waals surface area contributed by atoms with Crippen molar-refractivity contribution in [1.29, 1.82) is 0 Å². The van der Waals surface area contributed by atoms with Gasteiger partial charge in [-0.05, 0) is 43.9 Å². The third kappa shape index (κ3) is 3.64. The zero-order valence-electron chi connectivity index (χ0n) is 10.2. The average Bonchev–Trinajstić information content (AvgIpc) is 2.29. The molecule has 1 rings (SSSR count). The highest BCUT2D eigenvalue weighted by molar-refractivity contribution is 6.13. The fourth-order valence-electron chi connectivity index (χ4n) is 3.05. The Balaban J connectivity index is 2.40. The Bertz CT molecular complexity index is 174. The number of aliphatic hydroxyl groups is 1. The van der Waals surface area contributed by atoms with Crippen LogP contribution < -0.4 is 0 Å². The van der Waals surface area contributed by atoms with Crippen LogP contribution in [-0.2, 0) is 0 Å². The Morgan fingerprint density at radius 2 is 2.07 bits per heavy atom. The van der Waals surface area contributed by atoms with Crippen LogP contribution in [0.4, 0.5) is 0 Å². The van der Waals surface area contributed by atoms with Gasteiger partial charge in [0.2, 0.25) is 0 Å². The van der Waals surface area contributed by atoms with Gasteiger partial charge in [-0.15, -0.1) is 0 Å². The summed E-state index contributed by atoms with van der Waals surface area (Å²) < 4.78 is 0. The molecule has 0 aromatic carbocycles. The van der Waals surface area contributed by atoms with E-state index in [1.54, 1.807) is 0 Å². The van der Waals surface area contributed by atoms with E-state index in [-0.39, 0.29) is 0 Å². The van der Waals surface area contributed by atoms with Gasteiger partial charge in [0.05, 0.1) is 0 Å². The third-order valence-electron chi connectivity index (χ3n) is 3.60. The second-order valence-corrected chi connectivity index (χ2v) is 5.88. The highest BCUT2D eigenvalue weighted by Crippen LogP contribution is 2.41. The minimum absolute atomic E-state index is 0.472. The normalized spacial score (nSPS) is 37.0. The van der Waals surface area contributed by atoms with Crippen LogP contribution in [0.25, 0.3) is 0 Å². The van der Waals surface area contributed by atoms with Crippen LogP contribution in [-0.4, -0.2) is 18.5 Å². The maximum absolute atomic E-state index is 9.81. The molecule has 0 saturated heterocycles. The van der Waals surface area contributed by atoms with Crippen LogP contribution in [0, 0.1) is 17.8 Å². The van der Waals surface area contributed by atoms with Gasteiger partial charge in [0.1, 0.15) is 7.85 Å². The van der Waals surface area contributed by atoms with Gasteiger partial charge >= 0.3 is 0 Å². The second-order valence-electron chi connectivity index (χ2n) is 5.88. The first-order chi connectivity index (χ1) is 6.42. The molecule has 1 fully saturated rings. The average molecular weight is 196 g/mol. The van der Waals surface area contributed by atoms with E-state index in [1.165, 1.54) is 25.7 Å². The van der Waals surface area contributed by atoms with Gasteiger partial charge in [-0.1, -0.05) is 26.7 Å². The summed E-state index contributed by atoms with van der Waals surface area (Å²) in [6.45, 7) is 6.56. The summed E-state index contributed by atoms with van der Waals surface area (Å²) in [6.07, 6.45) is 6.40. The largest absolute Gasteiger partial charge is 0.399 e. The van der Waals surface area contributed by atoms with E-state index in [4.69, 9.17) is 0 Å². The lowest BCUT2D eigenvalue weighted by Crippen LogP contribution is -2.28. The predicted molar refractivity (Wildman–Crippen MR) is 64.1 cm³/mol. The topological polar surface area (TPSA) is 20.2 Å². The van der Waals surface area contributed by atoms with Gasteiger partial charge in [0, 0.05) is 5.50 Å². The Morgan fingerprint density at radius 3 is 2.57 bits per heavy atom. The van der Waals surface area contributed by atoms with Crippen molar-refractivity contribution in [3.05, 3.63) is 0 Å². The third-order valence-corrected chi connectivity index (χ3v) is 3.60. The van der Waals surface area contributed by atoms with Gasteiger partial charge in [-0.2, -0.15) is 0 Å². The highest BCUT2D eigenvalue weighted by atomic mass is 16.3. The number of rotatable bonds is 4. The minimum atomic E-state index is -0.472. The maximum Gasteiger partial charge on any atom is 0.142 e. The van der Waals surface area contributed by atoms with Crippen LogP contribution in [0.1, 0.15) is 52.9 Å². The van der Waals surface area contributed by atoms with Crippen molar-refractivity contribution < 1.29 is 5.11 Å². The predicted octanol–water partition coefficient (Wildman–Crippen LogP) is 2.18. The Hall–Kier alpha value is 0.0249. The van der Waals surface area contributed by atoms with Gasteiger partial charge < -0.3 is 5.11 Å². The van der Waals surface area contributed by atoms with Crippen molar-refractivity contribution in [3.63, 3.8) is 0 Å². The lowest BCUT2D eigenvalue weighted by atomic mass is 9.74. The molecule has 4 atom stereocenters. The fourth-order valence-corrected chi connectivity index (χ4v) is 3.05. The molecule has 2 heteroatoms. The van der Waals surface area contributed by atoms with Gasteiger partial charge in [0.25, 0.3) is 0 Å². The summed E-state index contributed by atoms with van der Waals surface area (Å²) in [5, 5.41) is 9.81. The summed E-state index contributed by atoms with van der Waals surface area (Å²) in [4.78, 5) is 0. The molecule has 0 radical (unpaired) electrons. The first kappa shape index (κ1) is 12.1. The quantitative estimate of drug-likeness (QED) is 0.683. The summed E-state index contributed by atoms with van der Waals surface area (Å²) in [5.41, 5.74) is -0.472. The molecule has 1 aliphatic rings. The zero-order chi connectivity index (χ0) is 10.8. The SMILES string of the molecule is BC(C)(O)CC1CC(CCC)CC1C. The van der Waals surface area contributed by atoms with Crippen molar-refractivity contribution in [1.82, 2.24) is 0 Å². The molecule has 14 heavy (non-hydrogen) atoms. The lowest BCUT2D eigenvalue weighted by molar-refractivity contribution is 0.108. The lowest BCUT2D eigenvalue weighted by Gasteiger charge is -2.24. The van der Waals surface area contributed by atoms with Crippen molar-refractivity contribution in [2.24, 2.45) is 17.8 Å². The van der Waals surface area contributed by atoms with E-state index < -0.39 is 5.50 Å². The first-order valence-corrected chi connectivity index (χ1v) is 6.14. The first-order valence-electron chi connectivity index (χ1n) is 6.14. The molecular formula is C12H25BO. The van der Waals surface area contributed by atoms with Crippen molar-refractivity contribution in [3.8, 4) is 0 Å². The molecule has 0 spiro atoms. The standard InChI is InChI=1S/C12H25BO/c1-4-5-10-6-9(2)11(7-10)8-12(3,13)14/h9-11,14H,4-8,13H2,1-3H3. The summed E-state index contributed by atoms with van der Waals surface area (Å²) in [7, 11) is 1.94. The molecule has 1 saturated carbocycles. The molecule has 0 aliphatic heterocycles. The Kier molecular flexibility index (Phi) is 4.06. The second kappa shape index (κ2) is 4.70. The maximum atomic E-state index is 9.81. The van der Waals surface area contributed by atoms with E-state index in [0.717, 1.165) is 24.2 Å². The molecule has 1 nitrogen and oxygen atoms in total. The van der Waals surface area contributed by atoms with Crippen molar-refractivity contribution in [2.75, 3.05) is 0 Å². The summed E-state index contributed by atoms with van der Waals surface area (Å²) >= 11 is 0. The van der Waals surface area contributed by atoms with Crippen LogP contribution in [0.2, 0.25) is 0 Å². The molecule has 1 aliphatic carbocycles. The van der Waals surface area contributed by atoms with E-state index >= 15 is 0 Å². The molecule has 0 amide bonds. The molecule has 0 aromatic heterocycles. The smallest absolute Gasteiger partial charge is 0.142 e. The minimum Gasteiger partial charge on any atom is -0.399 e. The summed E-state index contributed by atoms with van der Waals surface area (Å²) in [6, 6.07) is 0. The monoisotopic (exact) mass is 196 g/mol. The van der Waals surface area contributed by atoms with E-state index in [1.807, 2.05) is 14.8 Å². The number of hydrogen-bond donors (Lipinski definition) is 1. The highest BCUT2D eigenvalue weighted by Gasteiger charge is 2.33. The van der Waals surface area contributed by atoms with Crippen molar-refractivity contribution in [2.45, 2.75) is 58.4 Å². The molecular weight excluding hydrogens is 171 g/mol. The molecule has 0 bridgehead atoms. The number of hydrogen-bond acceptors (Lipinski definition) is 1. The Labute approximate surface area is 89.7 Å². The van der Waals surface area contributed by atoms with Gasteiger partial charge in [-0.25, -0.2) is 0 Å². The van der Waals surface area contributed by atoms with E-state index in [9.17, 15) is 5.11 Å². The zero-order valence-corrected chi connectivity index (χ0v) is 10.2. The molecule has 82 valence electrons. The van der Waals surface area contributed by atoms with E-state index in [2.05, 4.69) is 13.8 Å². The van der Waals surface area contributed by atoms with Gasteiger partial charge in [-0.3, -0.25) is 0 Å². The summed E-state index contributed by atoms with van der Waals surface area (Å²) in [5.74, 6) is 2.51. The van der Waals surface area contributed by atoms with E-state index in [0.29, 0.717) is 0 Å². The Morgan fingerprint density at radius 1 is 1.43 bits per heavy atom. The van der Waals surface area contributed by atoms with Crippen LogP contribution >= 0.6 is 0 Å². The van der Waals surface area contributed by atoms with Crippen LogP contribution in [0.3, 0.4) is 0 Å².